The monoisotopic (exact) mass is 279 g/mol. The molecule has 3 nitrogen and oxygen atoms in total. The molecule has 0 amide bonds. The van der Waals surface area contributed by atoms with Crippen LogP contribution in [0, 0.1) is 13.8 Å². The SMILES string of the molecule is Cc1cccc(Cn2c(C)c(B(O)O)c3ccccc32)c1. The zero-order chi connectivity index (χ0) is 15.0. The van der Waals surface area contributed by atoms with Crippen LogP contribution in [0.4, 0.5) is 0 Å². The molecule has 0 atom stereocenters. The van der Waals surface area contributed by atoms with E-state index in [-0.39, 0.29) is 0 Å². The van der Waals surface area contributed by atoms with Crippen LogP contribution in [0.25, 0.3) is 10.9 Å². The van der Waals surface area contributed by atoms with E-state index >= 15 is 0 Å². The second kappa shape index (κ2) is 5.39. The van der Waals surface area contributed by atoms with E-state index in [1.807, 2.05) is 37.3 Å². The molecule has 21 heavy (non-hydrogen) atoms. The van der Waals surface area contributed by atoms with E-state index in [0.29, 0.717) is 5.46 Å². The van der Waals surface area contributed by atoms with Gasteiger partial charge >= 0.3 is 7.12 Å². The zero-order valence-electron chi connectivity index (χ0n) is 12.2. The van der Waals surface area contributed by atoms with Crippen LogP contribution in [0.3, 0.4) is 0 Å². The lowest BCUT2D eigenvalue weighted by Crippen LogP contribution is -2.31. The Labute approximate surface area is 124 Å². The molecule has 106 valence electrons. The highest BCUT2D eigenvalue weighted by Crippen LogP contribution is 2.19. The minimum Gasteiger partial charge on any atom is -0.423 e. The second-order valence-electron chi connectivity index (χ2n) is 5.47. The molecule has 0 fully saturated rings. The lowest BCUT2D eigenvalue weighted by atomic mass is 9.78. The third-order valence-electron chi connectivity index (χ3n) is 3.96. The van der Waals surface area contributed by atoms with Crippen LogP contribution in [-0.4, -0.2) is 21.7 Å². The van der Waals surface area contributed by atoms with Gasteiger partial charge in [-0.15, -0.1) is 0 Å². The highest BCUT2D eigenvalue weighted by atomic mass is 16.4. The number of rotatable bonds is 3. The predicted octanol–water partition coefficient (Wildman–Crippen LogP) is 1.99. The fraction of sp³-hybridized carbons (Fsp3) is 0.176. The maximum atomic E-state index is 9.67. The Bertz CT molecular complexity index is 793. The van der Waals surface area contributed by atoms with Crippen LogP contribution in [-0.2, 0) is 6.54 Å². The van der Waals surface area contributed by atoms with E-state index in [1.54, 1.807) is 0 Å². The fourth-order valence-corrected chi connectivity index (χ4v) is 2.98. The lowest BCUT2D eigenvalue weighted by molar-refractivity contribution is 0.426. The molecule has 0 unspecified atom stereocenters. The van der Waals surface area contributed by atoms with Crippen LogP contribution < -0.4 is 5.46 Å². The lowest BCUT2D eigenvalue weighted by Gasteiger charge is -2.10. The Balaban J connectivity index is 2.16. The summed E-state index contributed by atoms with van der Waals surface area (Å²) in [6.45, 7) is 4.73. The predicted molar refractivity (Wildman–Crippen MR) is 86.8 cm³/mol. The summed E-state index contributed by atoms with van der Waals surface area (Å²) in [7, 11) is -1.45. The Hall–Kier alpha value is -2.04. The smallest absolute Gasteiger partial charge is 0.423 e. The number of benzene rings is 2. The summed E-state index contributed by atoms with van der Waals surface area (Å²) in [4.78, 5) is 0. The number of para-hydroxylation sites is 1. The maximum Gasteiger partial charge on any atom is 0.490 e. The van der Waals surface area contributed by atoms with E-state index in [4.69, 9.17) is 0 Å². The molecule has 2 aromatic carbocycles. The van der Waals surface area contributed by atoms with Crippen molar-refractivity contribution in [3.05, 3.63) is 65.4 Å². The van der Waals surface area contributed by atoms with Gasteiger partial charge in [-0.25, -0.2) is 0 Å². The van der Waals surface area contributed by atoms with Crippen LogP contribution in [0.15, 0.2) is 48.5 Å². The van der Waals surface area contributed by atoms with Gasteiger partial charge in [-0.1, -0.05) is 48.0 Å². The summed E-state index contributed by atoms with van der Waals surface area (Å²) in [5.74, 6) is 0. The van der Waals surface area contributed by atoms with Gasteiger partial charge in [0.1, 0.15) is 0 Å². The third-order valence-corrected chi connectivity index (χ3v) is 3.96. The van der Waals surface area contributed by atoms with Crippen LogP contribution in [0.5, 0.6) is 0 Å². The molecule has 0 aliphatic rings. The first kappa shape index (κ1) is 13.9. The summed E-state index contributed by atoms with van der Waals surface area (Å²) in [6, 6.07) is 16.2. The molecule has 3 rings (SSSR count). The van der Waals surface area contributed by atoms with Crippen LogP contribution in [0.2, 0.25) is 0 Å². The average molecular weight is 279 g/mol. The van der Waals surface area contributed by atoms with Crippen molar-refractivity contribution in [3.63, 3.8) is 0 Å². The summed E-state index contributed by atoms with van der Waals surface area (Å²) < 4.78 is 2.14. The highest BCUT2D eigenvalue weighted by Gasteiger charge is 2.22. The second-order valence-corrected chi connectivity index (χ2v) is 5.47. The van der Waals surface area contributed by atoms with Crippen molar-refractivity contribution in [2.24, 2.45) is 0 Å². The van der Waals surface area contributed by atoms with E-state index in [1.165, 1.54) is 11.1 Å². The molecule has 0 radical (unpaired) electrons. The van der Waals surface area contributed by atoms with Gasteiger partial charge < -0.3 is 14.6 Å². The number of aromatic nitrogens is 1. The van der Waals surface area contributed by atoms with Crippen LogP contribution in [0.1, 0.15) is 16.8 Å². The van der Waals surface area contributed by atoms with Gasteiger partial charge in [0, 0.05) is 23.2 Å². The largest absolute Gasteiger partial charge is 0.490 e. The highest BCUT2D eigenvalue weighted by molar-refractivity contribution is 6.62. The first-order valence-electron chi connectivity index (χ1n) is 7.07. The first-order chi connectivity index (χ1) is 10.1. The number of hydrogen-bond donors (Lipinski definition) is 2. The van der Waals surface area contributed by atoms with Crippen molar-refractivity contribution in [1.82, 2.24) is 4.57 Å². The molecule has 4 heteroatoms. The maximum absolute atomic E-state index is 9.67. The fourth-order valence-electron chi connectivity index (χ4n) is 2.98. The van der Waals surface area contributed by atoms with Crippen molar-refractivity contribution < 1.29 is 10.0 Å². The Morgan fingerprint density at radius 1 is 1.00 bits per heavy atom. The molecule has 1 heterocycles. The molecule has 0 bridgehead atoms. The minimum atomic E-state index is -1.45. The summed E-state index contributed by atoms with van der Waals surface area (Å²) in [5, 5.41) is 20.2. The van der Waals surface area contributed by atoms with Gasteiger partial charge in [-0.05, 0) is 30.9 Å². The van der Waals surface area contributed by atoms with Gasteiger partial charge in [0.15, 0.2) is 0 Å². The Kier molecular flexibility index (Phi) is 3.58. The van der Waals surface area contributed by atoms with Gasteiger partial charge in [0.05, 0.1) is 0 Å². The van der Waals surface area contributed by atoms with E-state index in [0.717, 1.165) is 23.1 Å². The number of nitrogens with zero attached hydrogens (tertiary/aromatic N) is 1. The van der Waals surface area contributed by atoms with Crippen molar-refractivity contribution in [3.8, 4) is 0 Å². The van der Waals surface area contributed by atoms with Gasteiger partial charge in [-0.2, -0.15) is 0 Å². The molecule has 0 aliphatic heterocycles. The number of hydrogen-bond acceptors (Lipinski definition) is 2. The summed E-state index contributed by atoms with van der Waals surface area (Å²) in [5.41, 5.74) is 4.95. The molecular formula is C17H18BNO2. The molecule has 3 aromatic rings. The third kappa shape index (κ3) is 2.48. The standard InChI is InChI=1S/C17H18BNO2/c1-12-6-5-7-14(10-12)11-19-13(2)17(18(20)21)15-8-3-4-9-16(15)19/h3-10,20-21H,11H2,1-2H3. The normalized spacial score (nSPS) is 11.0. The zero-order valence-corrected chi connectivity index (χ0v) is 12.2. The van der Waals surface area contributed by atoms with E-state index < -0.39 is 7.12 Å². The quantitative estimate of drug-likeness (QED) is 0.720. The van der Waals surface area contributed by atoms with E-state index in [2.05, 4.69) is 29.7 Å². The first-order valence-corrected chi connectivity index (χ1v) is 7.07. The van der Waals surface area contributed by atoms with Crippen molar-refractivity contribution in [2.75, 3.05) is 0 Å². The molecule has 2 N–H and O–H groups in total. The summed E-state index contributed by atoms with van der Waals surface area (Å²) >= 11 is 0. The molecule has 0 saturated heterocycles. The molecule has 0 aliphatic carbocycles. The average Bonchev–Trinajstić information content (AvgIpc) is 2.72. The van der Waals surface area contributed by atoms with Crippen molar-refractivity contribution in [2.45, 2.75) is 20.4 Å². The Morgan fingerprint density at radius 3 is 2.48 bits per heavy atom. The topological polar surface area (TPSA) is 45.4 Å². The number of fused-ring (bicyclic) bond motifs is 1. The van der Waals surface area contributed by atoms with Crippen LogP contribution >= 0.6 is 0 Å². The molecule has 0 spiro atoms. The van der Waals surface area contributed by atoms with Gasteiger partial charge in [-0.3, -0.25) is 0 Å². The van der Waals surface area contributed by atoms with Crippen molar-refractivity contribution >= 4 is 23.5 Å². The van der Waals surface area contributed by atoms with Gasteiger partial charge in [0.2, 0.25) is 0 Å². The minimum absolute atomic E-state index is 0.596. The summed E-state index contributed by atoms with van der Waals surface area (Å²) in [6.07, 6.45) is 0. The molecular weight excluding hydrogens is 261 g/mol. The van der Waals surface area contributed by atoms with Crippen molar-refractivity contribution in [1.29, 1.82) is 0 Å². The molecule has 1 aromatic heterocycles. The number of aryl methyl sites for hydroxylation is 1. The van der Waals surface area contributed by atoms with Gasteiger partial charge in [0.25, 0.3) is 0 Å². The van der Waals surface area contributed by atoms with E-state index in [9.17, 15) is 10.0 Å². The Morgan fingerprint density at radius 2 is 1.76 bits per heavy atom. The molecule has 0 saturated carbocycles.